The summed E-state index contributed by atoms with van der Waals surface area (Å²) in [6.45, 7) is 16.6. The van der Waals surface area contributed by atoms with Crippen LogP contribution >= 0.6 is 0 Å². The van der Waals surface area contributed by atoms with Gasteiger partial charge >= 0.3 is 0 Å². The summed E-state index contributed by atoms with van der Waals surface area (Å²) in [6.07, 6.45) is 1.41. The molecule has 0 aromatic carbocycles. The van der Waals surface area contributed by atoms with E-state index in [0.717, 1.165) is 51.4 Å². The molecule has 0 bridgehead atoms. The lowest BCUT2D eigenvalue weighted by molar-refractivity contribution is -0.132. The molecule has 1 aliphatic heterocycles. The summed E-state index contributed by atoms with van der Waals surface area (Å²) in [5.41, 5.74) is 3.55. The first-order chi connectivity index (χ1) is 10.9. The second kappa shape index (κ2) is 7.95. The quantitative estimate of drug-likeness (QED) is 0.807. The Bertz CT molecular complexity index is 527. The van der Waals surface area contributed by atoms with Gasteiger partial charge in [-0.2, -0.15) is 5.10 Å². The molecule has 0 saturated carbocycles. The molecule has 1 amide bonds. The van der Waals surface area contributed by atoms with Crippen molar-refractivity contribution < 1.29 is 4.79 Å². The molecule has 0 aliphatic carbocycles. The van der Waals surface area contributed by atoms with Crippen LogP contribution in [0, 0.1) is 19.8 Å². The molecular weight excluding hydrogens is 288 g/mol. The van der Waals surface area contributed by atoms with Crippen LogP contribution < -0.4 is 0 Å². The van der Waals surface area contributed by atoms with Crippen molar-refractivity contribution in [2.75, 3.05) is 32.7 Å². The molecule has 5 heteroatoms. The third-order valence-corrected chi connectivity index (χ3v) is 4.83. The highest BCUT2D eigenvalue weighted by molar-refractivity contribution is 5.76. The molecule has 0 radical (unpaired) electrons. The van der Waals surface area contributed by atoms with Gasteiger partial charge in [-0.15, -0.1) is 0 Å². The van der Waals surface area contributed by atoms with Crippen LogP contribution in [0.25, 0.3) is 0 Å². The van der Waals surface area contributed by atoms with Crippen molar-refractivity contribution in [3.8, 4) is 0 Å². The lowest BCUT2D eigenvalue weighted by Gasteiger charge is -2.34. The van der Waals surface area contributed by atoms with Crippen molar-refractivity contribution in [3.05, 3.63) is 17.0 Å². The Morgan fingerprint density at radius 2 is 1.83 bits per heavy atom. The standard InChI is InChI=1S/C18H32N4O/c1-6-20-9-11-21(12-10-20)18(23)8-7-17-15(4)19-22(16(17)5)13-14(2)3/h14H,6-13H2,1-5H3. The topological polar surface area (TPSA) is 41.4 Å². The minimum atomic E-state index is 0.288. The zero-order valence-electron chi connectivity index (χ0n) is 15.4. The van der Waals surface area contributed by atoms with E-state index in [4.69, 9.17) is 0 Å². The predicted molar refractivity (Wildman–Crippen MR) is 93.6 cm³/mol. The molecule has 23 heavy (non-hydrogen) atoms. The minimum Gasteiger partial charge on any atom is -0.340 e. The highest BCUT2D eigenvalue weighted by Gasteiger charge is 2.21. The normalized spacial score (nSPS) is 16.3. The Morgan fingerprint density at radius 1 is 1.17 bits per heavy atom. The number of aryl methyl sites for hydroxylation is 1. The molecule has 1 saturated heterocycles. The summed E-state index contributed by atoms with van der Waals surface area (Å²) in [5, 5.41) is 4.65. The van der Waals surface area contributed by atoms with Gasteiger partial charge in [0.25, 0.3) is 0 Å². The minimum absolute atomic E-state index is 0.288. The van der Waals surface area contributed by atoms with Crippen LogP contribution in [-0.2, 0) is 17.8 Å². The number of hydrogen-bond acceptors (Lipinski definition) is 3. The SMILES string of the molecule is CCN1CCN(C(=O)CCc2c(C)nn(CC(C)C)c2C)CC1. The average Bonchev–Trinajstić information content (AvgIpc) is 2.78. The first kappa shape index (κ1) is 18.0. The monoisotopic (exact) mass is 320 g/mol. The fraction of sp³-hybridized carbons (Fsp3) is 0.778. The van der Waals surface area contributed by atoms with Crippen LogP contribution in [0.1, 0.15) is 44.1 Å². The van der Waals surface area contributed by atoms with E-state index < -0.39 is 0 Å². The number of likely N-dealkylation sites (N-methyl/N-ethyl adjacent to an activating group) is 1. The first-order valence-electron chi connectivity index (χ1n) is 8.95. The van der Waals surface area contributed by atoms with Crippen molar-refractivity contribution >= 4 is 5.91 Å². The molecule has 0 spiro atoms. The lowest BCUT2D eigenvalue weighted by atomic mass is 10.1. The van der Waals surface area contributed by atoms with Gasteiger partial charge in [0, 0.05) is 44.8 Å². The van der Waals surface area contributed by atoms with Crippen LogP contribution in [0.2, 0.25) is 0 Å². The van der Waals surface area contributed by atoms with E-state index >= 15 is 0 Å². The number of carbonyl (C=O) groups is 1. The fourth-order valence-corrected chi connectivity index (χ4v) is 3.32. The number of piperazine rings is 1. The van der Waals surface area contributed by atoms with Gasteiger partial charge in [-0.05, 0) is 38.3 Å². The Kier molecular flexibility index (Phi) is 6.22. The summed E-state index contributed by atoms with van der Waals surface area (Å²) in [4.78, 5) is 16.9. The Balaban J connectivity index is 1.91. The average molecular weight is 320 g/mol. The maximum atomic E-state index is 12.5. The number of rotatable bonds is 6. The van der Waals surface area contributed by atoms with Gasteiger partial charge in [0.15, 0.2) is 0 Å². The molecule has 1 aliphatic rings. The summed E-state index contributed by atoms with van der Waals surface area (Å²) >= 11 is 0. The molecule has 1 aromatic rings. The predicted octanol–water partition coefficient (Wildman–Crippen LogP) is 2.25. The number of aromatic nitrogens is 2. The smallest absolute Gasteiger partial charge is 0.222 e. The number of amides is 1. The van der Waals surface area contributed by atoms with Gasteiger partial charge < -0.3 is 9.80 Å². The van der Waals surface area contributed by atoms with Gasteiger partial charge in [0.05, 0.1) is 5.69 Å². The molecule has 1 aromatic heterocycles. The van der Waals surface area contributed by atoms with E-state index in [0.29, 0.717) is 12.3 Å². The molecule has 130 valence electrons. The largest absolute Gasteiger partial charge is 0.340 e. The van der Waals surface area contributed by atoms with Gasteiger partial charge in [-0.25, -0.2) is 0 Å². The Labute approximate surface area is 140 Å². The Morgan fingerprint density at radius 3 is 2.39 bits per heavy atom. The molecule has 2 rings (SSSR count). The van der Waals surface area contributed by atoms with Crippen LogP contribution in [0.15, 0.2) is 0 Å². The van der Waals surface area contributed by atoms with Crippen LogP contribution in [0.3, 0.4) is 0 Å². The van der Waals surface area contributed by atoms with Crippen molar-refractivity contribution in [2.24, 2.45) is 5.92 Å². The molecule has 5 nitrogen and oxygen atoms in total. The van der Waals surface area contributed by atoms with E-state index in [1.807, 2.05) is 4.90 Å². The zero-order valence-corrected chi connectivity index (χ0v) is 15.4. The van der Waals surface area contributed by atoms with Gasteiger partial charge in [0.2, 0.25) is 5.91 Å². The maximum Gasteiger partial charge on any atom is 0.222 e. The summed E-state index contributed by atoms with van der Waals surface area (Å²) in [6, 6.07) is 0. The molecule has 0 N–H and O–H groups in total. The zero-order chi connectivity index (χ0) is 17.0. The molecule has 0 atom stereocenters. The third-order valence-electron chi connectivity index (χ3n) is 4.83. The molecule has 1 fully saturated rings. The van der Waals surface area contributed by atoms with Crippen LogP contribution in [0.4, 0.5) is 0 Å². The van der Waals surface area contributed by atoms with Crippen molar-refractivity contribution in [1.82, 2.24) is 19.6 Å². The number of carbonyl (C=O) groups excluding carboxylic acids is 1. The lowest BCUT2D eigenvalue weighted by Crippen LogP contribution is -2.48. The van der Waals surface area contributed by atoms with Gasteiger partial charge in [-0.3, -0.25) is 9.48 Å². The highest BCUT2D eigenvalue weighted by Crippen LogP contribution is 2.17. The maximum absolute atomic E-state index is 12.5. The number of nitrogens with zero attached hydrogens (tertiary/aromatic N) is 4. The van der Waals surface area contributed by atoms with E-state index in [9.17, 15) is 4.79 Å². The van der Waals surface area contributed by atoms with Crippen molar-refractivity contribution in [3.63, 3.8) is 0 Å². The van der Waals surface area contributed by atoms with E-state index in [1.165, 1.54) is 11.3 Å². The summed E-state index contributed by atoms with van der Waals surface area (Å²) in [5.74, 6) is 0.869. The number of hydrogen-bond donors (Lipinski definition) is 0. The third kappa shape index (κ3) is 4.56. The second-order valence-electron chi connectivity index (χ2n) is 7.04. The summed E-state index contributed by atoms with van der Waals surface area (Å²) < 4.78 is 2.10. The van der Waals surface area contributed by atoms with Crippen LogP contribution in [-0.4, -0.2) is 58.2 Å². The fourth-order valence-electron chi connectivity index (χ4n) is 3.32. The second-order valence-corrected chi connectivity index (χ2v) is 7.04. The highest BCUT2D eigenvalue weighted by atomic mass is 16.2. The summed E-state index contributed by atoms with van der Waals surface area (Å²) in [7, 11) is 0. The molecule has 0 unspecified atom stereocenters. The van der Waals surface area contributed by atoms with Crippen molar-refractivity contribution in [1.29, 1.82) is 0 Å². The molecule has 2 heterocycles. The van der Waals surface area contributed by atoms with E-state index in [-0.39, 0.29) is 5.91 Å². The van der Waals surface area contributed by atoms with Crippen molar-refractivity contribution in [2.45, 2.75) is 54.0 Å². The Hall–Kier alpha value is -1.36. The van der Waals surface area contributed by atoms with Gasteiger partial charge in [0.1, 0.15) is 0 Å². The van der Waals surface area contributed by atoms with Gasteiger partial charge in [-0.1, -0.05) is 20.8 Å². The first-order valence-corrected chi connectivity index (χ1v) is 8.95. The molecular formula is C18H32N4O. The van der Waals surface area contributed by atoms with E-state index in [1.54, 1.807) is 0 Å². The van der Waals surface area contributed by atoms with E-state index in [2.05, 4.69) is 49.3 Å². The van der Waals surface area contributed by atoms with Crippen LogP contribution in [0.5, 0.6) is 0 Å².